The van der Waals surface area contributed by atoms with E-state index in [2.05, 4.69) is 17.1 Å². The van der Waals surface area contributed by atoms with Crippen molar-refractivity contribution in [1.29, 1.82) is 0 Å². The predicted molar refractivity (Wildman–Crippen MR) is 77.8 cm³/mol. The van der Waals surface area contributed by atoms with Crippen molar-refractivity contribution in [3.8, 4) is 0 Å². The number of rotatable bonds is 2. The van der Waals surface area contributed by atoms with Crippen molar-refractivity contribution in [2.75, 3.05) is 25.4 Å². The van der Waals surface area contributed by atoms with Gasteiger partial charge in [-0.05, 0) is 57.4 Å². The Bertz CT molecular complexity index is 480. The molecule has 2 bridgehead atoms. The van der Waals surface area contributed by atoms with Gasteiger partial charge in [0, 0.05) is 13.1 Å². The van der Waals surface area contributed by atoms with E-state index in [1.165, 1.54) is 12.8 Å². The summed E-state index contributed by atoms with van der Waals surface area (Å²) in [4.78, 5) is 2.39. The van der Waals surface area contributed by atoms with Crippen LogP contribution in [0.2, 0.25) is 0 Å². The van der Waals surface area contributed by atoms with E-state index in [4.69, 9.17) is 0 Å². The minimum atomic E-state index is -2.93. The molecule has 1 saturated carbocycles. The fraction of sp³-hybridized carbons (Fsp3) is 0.867. The van der Waals surface area contributed by atoms with Gasteiger partial charge in [-0.15, -0.1) is 0 Å². The zero-order valence-corrected chi connectivity index (χ0v) is 12.8. The zero-order chi connectivity index (χ0) is 13.7. The Balaban J connectivity index is 1.63. The van der Waals surface area contributed by atoms with Crippen LogP contribution in [-0.2, 0) is 9.84 Å². The van der Waals surface area contributed by atoms with E-state index in [1.807, 2.05) is 13.8 Å². The first-order valence-electron chi connectivity index (χ1n) is 7.50. The first kappa shape index (κ1) is 13.6. The fourth-order valence-electron chi connectivity index (χ4n) is 3.84. The average Bonchev–Trinajstić information content (AvgIpc) is 2.91. The fourth-order valence-corrected chi connectivity index (χ4v) is 5.29. The summed E-state index contributed by atoms with van der Waals surface area (Å²) < 4.78 is 23.8. The Labute approximate surface area is 117 Å². The van der Waals surface area contributed by atoms with Gasteiger partial charge in [0.05, 0.1) is 10.5 Å². The molecule has 3 rings (SSSR count). The topological polar surface area (TPSA) is 37.4 Å². The van der Waals surface area contributed by atoms with Gasteiger partial charge in [-0.25, -0.2) is 8.42 Å². The van der Waals surface area contributed by atoms with Crippen molar-refractivity contribution < 1.29 is 8.42 Å². The highest BCUT2D eigenvalue weighted by molar-refractivity contribution is 7.92. The molecule has 0 radical (unpaired) electrons. The molecule has 0 aromatic carbocycles. The van der Waals surface area contributed by atoms with Gasteiger partial charge >= 0.3 is 0 Å². The Morgan fingerprint density at radius 1 is 1.21 bits per heavy atom. The molecule has 4 heteroatoms. The average molecular weight is 283 g/mol. The molecule has 0 aromatic rings. The van der Waals surface area contributed by atoms with Gasteiger partial charge in [0.25, 0.3) is 0 Å². The van der Waals surface area contributed by atoms with Crippen LogP contribution in [0, 0.1) is 17.8 Å². The number of allylic oxidation sites excluding steroid dienone is 2. The third kappa shape index (κ3) is 2.49. The van der Waals surface area contributed by atoms with Gasteiger partial charge < -0.3 is 4.90 Å². The minimum absolute atomic E-state index is 0.330. The monoisotopic (exact) mass is 283 g/mol. The maximum absolute atomic E-state index is 12.2. The van der Waals surface area contributed by atoms with Crippen molar-refractivity contribution in [3.63, 3.8) is 0 Å². The number of hydrogen-bond acceptors (Lipinski definition) is 3. The van der Waals surface area contributed by atoms with Crippen molar-refractivity contribution in [2.45, 2.75) is 37.9 Å². The summed E-state index contributed by atoms with van der Waals surface area (Å²) in [6, 6.07) is 0. The van der Waals surface area contributed by atoms with Gasteiger partial charge in [0.1, 0.15) is 0 Å². The second-order valence-electron chi connectivity index (χ2n) is 7.17. The first-order valence-corrected chi connectivity index (χ1v) is 9.16. The van der Waals surface area contributed by atoms with E-state index in [1.54, 1.807) is 0 Å². The third-order valence-electron chi connectivity index (χ3n) is 5.46. The summed E-state index contributed by atoms with van der Waals surface area (Å²) >= 11 is 0. The second-order valence-corrected chi connectivity index (χ2v) is 9.91. The summed E-state index contributed by atoms with van der Waals surface area (Å²) in [6.07, 6.45) is 8.18. The Morgan fingerprint density at radius 2 is 2.00 bits per heavy atom. The summed E-state index contributed by atoms with van der Waals surface area (Å²) in [5, 5.41) is 0. The van der Waals surface area contributed by atoms with Gasteiger partial charge in [0.2, 0.25) is 0 Å². The van der Waals surface area contributed by atoms with E-state index in [-0.39, 0.29) is 0 Å². The molecule has 1 aliphatic heterocycles. The number of hydrogen-bond donors (Lipinski definition) is 0. The lowest BCUT2D eigenvalue weighted by molar-refractivity contribution is 0.222. The van der Waals surface area contributed by atoms with Crippen molar-refractivity contribution >= 4 is 9.84 Å². The van der Waals surface area contributed by atoms with Crippen LogP contribution < -0.4 is 0 Å². The molecule has 3 aliphatic rings. The number of sulfone groups is 1. The lowest BCUT2D eigenvalue weighted by Gasteiger charge is -2.27. The van der Waals surface area contributed by atoms with Crippen molar-refractivity contribution in [2.24, 2.45) is 17.8 Å². The highest BCUT2D eigenvalue weighted by Gasteiger charge is 2.40. The van der Waals surface area contributed by atoms with Gasteiger partial charge in [-0.3, -0.25) is 0 Å². The molecule has 0 unspecified atom stereocenters. The molecule has 3 nitrogen and oxygen atoms in total. The van der Waals surface area contributed by atoms with Crippen molar-refractivity contribution in [1.82, 2.24) is 4.90 Å². The quantitative estimate of drug-likeness (QED) is 0.728. The summed E-state index contributed by atoms with van der Waals surface area (Å²) in [6.45, 7) is 6.52. The van der Waals surface area contributed by atoms with E-state index < -0.39 is 14.6 Å². The van der Waals surface area contributed by atoms with E-state index in [0.717, 1.165) is 43.8 Å². The highest BCUT2D eigenvalue weighted by Crippen LogP contribution is 2.43. The van der Waals surface area contributed by atoms with Crippen LogP contribution in [0.5, 0.6) is 0 Å². The highest BCUT2D eigenvalue weighted by atomic mass is 32.2. The van der Waals surface area contributed by atoms with Crippen LogP contribution in [-0.4, -0.2) is 43.5 Å². The number of nitrogens with zero attached hydrogens (tertiary/aromatic N) is 1. The molecule has 3 atom stereocenters. The standard InChI is InChI=1S/C15H25NO2S/c1-15(2)5-6-16(7-8-19(15,17)18)11-14-10-12-3-4-13(14)9-12/h3-4,12-14H,5-11H2,1-2H3/t12-,13-,14-/m0/s1. The second kappa shape index (κ2) is 4.59. The van der Waals surface area contributed by atoms with E-state index in [9.17, 15) is 8.42 Å². The SMILES string of the molecule is CC1(C)CCN(C[C@@H]2C[C@H]3C=C[C@H]2C3)CCS1(=O)=O. The zero-order valence-electron chi connectivity index (χ0n) is 12.0. The summed E-state index contributed by atoms with van der Waals surface area (Å²) in [7, 11) is -2.93. The van der Waals surface area contributed by atoms with Gasteiger partial charge in [-0.2, -0.15) is 0 Å². The maximum Gasteiger partial charge on any atom is 0.156 e. The molecule has 0 aromatic heterocycles. The van der Waals surface area contributed by atoms with Crippen LogP contribution in [0.15, 0.2) is 12.2 Å². The molecule has 0 amide bonds. The molecule has 19 heavy (non-hydrogen) atoms. The summed E-state index contributed by atoms with van der Waals surface area (Å²) in [5.74, 6) is 2.66. The van der Waals surface area contributed by atoms with E-state index in [0.29, 0.717) is 5.75 Å². The lowest BCUT2D eigenvalue weighted by Crippen LogP contribution is -2.33. The third-order valence-corrected chi connectivity index (χ3v) is 8.07. The van der Waals surface area contributed by atoms with Gasteiger partial charge in [-0.1, -0.05) is 12.2 Å². The molecular formula is C15H25NO2S. The van der Waals surface area contributed by atoms with Crippen LogP contribution in [0.25, 0.3) is 0 Å². The Hall–Kier alpha value is -0.350. The molecule has 2 fully saturated rings. The molecule has 0 spiro atoms. The maximum atomic E-state index is 12.2. The smallest absolute Gasteiger partial charge is 0.156 e. The Morgan fingerprint density at radius 3 is 2.63 bits per heavy atom. The van der Waals surface area contributed by atoms with Crippen molar-refractivity contribution in [3.05, 3.63) is 12.2 Å². The molecule has 1 heterocycles. The predicted octanol–water partition coefficient (Wildman–Crippen LogP) is 2.10. The van der Waals surface area contributed by atoms with Gasteiger partial charge in [0.15, 0.2) is 9.84 Å². The summed E-state index contributed by atoms with van der Waals surface area (Å²) in [5.41, 5.74) is 0. The molecule has 108 valence electrons. The molecule has 1 saturated heterocycles. The number of fused-ring (bicyclic) bond motifs is 2. The Kier molecular flexibility index (Phi) is 3.29. The lowest BCUT2D eigenvalue weighted by atomic mass is 9.93. The minimum Gasteiger partial charge on any atom is -0.302 e. The molecule has 0 N–H and O–H groups in total. The molecular weight excluding hydrogens is 258 g/mol. The van der Waals surface area contributed by atoms with Crippen LogP contribution >= 0.6 is 0 Å². The van der Waals surface area contributed by atoms with Crippen LogP contribution in [0.4, 0.5) is 0 Å². The normalized spacial score (nSPS) is 40.4. The molecule has 2 aliphatic carbocycles. The van der Waals surface area contributed by atoms with E-state index >= 15 is 0 Å². The van der Waals surface area contributed by atoms with Crippen LogP contribution in [0.1, 0.15) is 33.1 Å². The largest absolute Gasteiger partial charge is 0.302 e. The first-order chi connectivity index (χ1) is 8.87. The van der Waals surface area contributed by atoms with Crippen LogP contribution in [0.3, 0.4) is 0 Å².